The van der Waals surface area contributed by atoms with Crippen LogP contribution in [0.5, 0.6) is 5.75 Å². The molecule has 0 bridgehead atoms. The van der Waals surface area contributed by atoms with Crippen molar-refractivity contribution in [2.24, 2.45) is 11.1 Å². The molecule has 0 aromatic heterocycles. The minimum Gasteiger partial charge on any atom is -0.496 e. The van der Waals surface area contributed by atoms with E-state index in [0.717, 1.165) is 23.3 Å². The third-order valence-corrected chi connectivity index (χ3v) is 3.40. The zero-order valence-corrected chi connectivity index (χ0v) is 13.1. The van der Waals surface area contributed by atoms with Crippen LogP contribution in [0.25, 0.3) is 0 Å². The van der Waals surface area contributed by atoms with E-state index in [1.54, 1.807) is 7.11 Å². The van der Waals surface area contributed by atoms with Gasteiger partial charge in [-0.3, -0.25) is 4.79 Å². The molecule has 112 valence electrons. The molecule has 0 aliphatic carbocycles. The second-order valence-corrected chi connectivity index (χ2v) is 6.19. The molecular formula is C16H26N2O2. The molecule has 3 N–H and O–H groups in total. The summed E-state index contributed by atoms with van der Waals surface area (Å²) >= 11 is 0. The summed E-state index contributed by atoms with van der Waals surface area (Å²) in [5, 5.41) is 2.88. The molecule has 0 radical (unpaired) electrons. The molecule has 0 unspecified atom stereocenters. The van der Waals surface area contributed by atoms with Crippen LogP contribution >= 0.6 is 0 Å². The minimum atomic E-state index is -0.491. The van der Waals surface area contributed by atoms with Gasteiger partial charge in [0.1, 0.15) is 5.75 Å². The predicted molar refractivity (Wildman–Crippen MR) is 81.9 cm³/mol. The van der Waals surface area contributed by atoms with Crippen LogP contribution in [0.2, 0.25) is 0 Å². The number of hydrogen-bond acceptors (Lipinski definition) is 3. The lowest BCUT2D eigenvalue weighted by Gasteiger charge is -2.25. The molecule has 4 nitrogen and oxygen atoms in total. The van der Waals surface area contributed by atoms with E-state index in [0.29, 0.717) is 6.54 Å². The van der Waals surface area contributed by atoms with E-state index in [1.807, 2.05) is 45.9 Å². The first kappa shape index (κ1) is 16.5. The first-order chi connectivity index (χ1) is 9.25. The molecule has 0 saturated heterocycles. The zero-order chi connectivity index (χ0) is 15.3. The third kappa shape index (κ3) is 4.53. The standard InChI is InChI=1S/C16H26N2O2/c1-11-6-7-12(10-13(11)20-5)8-9-18-15(19)14(17)16(2,3)4/h6-7,10,14H,8-9,17H2,1-5H3,(H,18,19)/t14-/m1/s1. The van der Waals surface area contributed by atoms with Crippen molar-refractivity contribution in [3.8, 4) is 5.75 Å². The molecule has 0 heterocycles. The molecule has 1 aromatic carbocycles. The van der Waals surface area contributed by atoms with Crippen molar-refractivity contribution in [3.05, 3.63) is 29.3 Å². The van der Waals surface area contributed by atoms with Gasteiger partial charge in [-0.25, -0.2) is 0 Å². The number of hydrogen-bond donors (Lipinski definition) is 2. The van der Waals surface area contributed by atoms with Gasteiger partial charge in [0.2, 0.25) is 5.91 Å². The van der Waals surface area contributed by atoms with Crippen LogP contribution in [0.15, 0.2) is 18.2 Å². The Morgan fingerprint density at radius 2 is 2.05 bits per heavy atom. The number of amides is 1. The third-order valence-electron chi connectivity index (χ3n) is 3.40. The first-order valence-corrected chi connectivity index (χ1v) is 6.92. The zero-order valence-electron chi connectivity index (χ0n) is 13.1. The van der Waals surface area contributed by atoms with E-state index in [2.05, 4.69) is 5.32 Å². The van der Waals surface area contributed by atoms with Gasteiger partial charge >= 0.3 is 0 Å². The number of benzene rings is 1. The monoisotopic (exact) mass is 278 g/mol. The molecule has 0 spiro atoms. The summed E-state index contributed by atoms with van der Waals surface area (Å²) in [5.74, 6) is 0.775. The fourth-order valence-electron chi connectivity index (χ4n) is 1.85. The van der Waals surface area contributed by atoms with Gasteiger partial charge < -0.3 is 15.8 Å². The molecule has 1 atom stereocenters. The average Bonchev–Trinajstić information content (AvgIpc) is 2.38. The summed E-state index contributed by atoms with van der Waals surface area (Å²) in [6, 6.07) is 5.59. The van der Waals surface area contributed by atoms with Crippen LogP contribution in [-0.4, -0.2) is 25.6 Å². The summed E-state index contributed by atoms with van der Waals surface area (Å²) in [5.41, 5.74) is 7.92. The quantitative estimate of drug-likeness (QED) is 0.866. The second kappa shape index (κ2) is 6.75. The van der Waals surface area contributed by atoms with E-state index in [9.17, 15) is 4.79 Å². The lowest BCUT2D eigenvalue weighted by Crippen LogP contribution is -2.48. The normalized spacial score (nSPS) is 12.9. The highest BCUT2D eigenvalue weighted by atomic mass is 16.5. The van der Waals surface area contributed by atoms with Gasteiger partial charge in [-0.15, -0.1) is 0 Å². The molecular weight excluding hydrogens is 252 g/mol. The number of nitrogens with two attached hydrogens (primary N) is 1. The fraction of sp³-hybridized carbons (Fsp3) is 0.562. The lowest BCUT2D eigenvalue weighted by atomic mass is 9.87. The molecule has 1 aromatic rings. The van der Waals surface area contributed by atoms with Crippen LogP contribution in [-0.2, 0) is 11.2 Å². The number of aryl methyl sites for hydroxylation is 1. The van der Waals surface area contributed by atoms with Gasteiger partial charge in [0.05, 0.1) is 13.2 Å². The van der Waals surface area contributed by atoms with Crippen molar-refractivity contribution < 1.29 is 9.53 Å². The number of methoxy groups -OCH3 is 1. The van der Waals surface area contributed by atoms with Crippen molar-refractivity contribution in [1.29, 1.82) is 0 Å². The maximum atomic E-state index is 11.9. The predicted octanol–water partition coefficient (Wildman–Crippen LogP) is 2.04. The van der Waals surface area contributed by atoms with Gasteiger partial charge in [-0.2, -0.15) is 0 Å². The van der Waals surface area contributed by atoms with Crippen molar-refractivity contribution >= 4 is 5.91 Å². The molecule has 20 heavy (non-hydrogen) atoms. The summed E-state index contributed by atoms with van der Waals surface area (Å²) in [6.07, 6.45) is 0.763. The molecule has 1 amide bonds. The molecule has 0 aliphatic rings. The van der Waals surface area contributed by atoms with Crippen molar-refractivity contribution in [2.45, 2.75) is 40.2 Å². The molecule has 0 aliphatic heterocycles. The Kier molecular flexibility index (Phi) is 5.57. The summed E-state index contributed by atoms with van der Waals surface area (Å²) < 4.78 is 5.29. The Morgan fingerprint density at radius 1 is 1.40 bits per heavy atom. The van der Waals surface area contributed by atoms with E-state index in [-0.39, 0.29) is 11.3 Å². The summed E-state index contributed by atoms with van der Waals surface area (Å²) in [6.45, 7) is 8.47. The maximum absolute atomic E-state index is 11.9. The highest BCUT2D eigenvalue weighted by molar-refractivity contribution is 5.82. The highest BCUT2D eigenvalue weighted by Gasteiger charge is 2.26. The van der Waals surface area contributed by atoms with Crippen LogP contribution < -0.4 is 15.8 Å². The second-order valence-electron chi connectivity index (χ2n) is 6.19. The Labute approximate surface area is 121 Å². The lowest BCUT2D eigenvalue weighted by molar-refractivity contribution is -0.124. The van der Waals surface area contributed by atoms with Crippen LogP contribution in [0, 0.1) is 12.3 Å². The fourth-order valence-corrected chi connectivity index (χ4v) is 1.85. The van der Waals surface area contributed by atoms with E-state index in [1.165, 1.54) is 0 Å². The Bertz CT molecular complexity index is 464. The van der Waals surface area contributed by atoms with E-state index in [4.69, 9.17) is 10.5 Å². The van der Waals surface area contributed by atoms with Crippen molar-refractivity contribution in [3.63, 3.8) is 0 Å². The number of carbonyl (C=O) groups is 1. The largest absolute Gasteiger partial charge is 0.496 e. The number of carbonyl (C=O) groups excluding carboxylic acids is 1. The molecule has 0 fully saturated rings. The van der Waals surface area contributed by atoms with Gasteiger partial charge in [-0.05, 0) is 36.0 Å². The minimum absolute atomic E-state index is 0.100. The Balaban J connectivity index is 2.51. The Hall–Kier alpha value is -1.55. The van der Waals surface area contributed by atoms with E-state index >= 15 is 0 Å². The van der Waals surface area contributed by atoms with Gasteiger partial charge in [0.25, 0.3) is 0 Å². The highest BCUT2D eigenvalue weighted by Crippen LogP contribution is 2.19. The van der Waals surface area contributed by atoms with Crippen LogP contribution in [0.4, 0.5) is 0 Å². The van der Waals surface area contributed by atoms with E-state index < -0.39 is 6.04 Å². The molecule has 1 rings (SSSR count). The number of ether oxygens (including phenoxy) is 1. The van der Waals surface area contributed by atoms with Gasteiger partial charge in [-0.1, -0.05) is 32.9 Å². The van der Waals surface area contributed by atoms with Gasteiger partial charge in [0, 0.05) is 6.54 Å². The van der Waals surface area contributed by atoms with Crippen LogP contribution in [0.1, 0.15) is 31.9 Å². The molecule has 0 saturated carbocycles. The maximum Gasteiger partial charge on any atom is 0.237 e. The molecule has 4 heteroatoms. The van der Waals surface area contributed by atoms with Crippen LogP contribution in [0.3, 0.4) is 0 Å². The van der Waals surface area contributed by atoms with Gasteiger partial charge in [0.15, 0.2) is 0 Å². The number of nitrogens with one attached hydrogen (secondary N) is 1. The van der Waals surface area contributed by atoms with Crippen molar-refractivity contribution in [2.75, 3.05) is 13.7 Å². The number of rotatable bonds is 5. The Morgan fingerprint density at radius 3 is 2.60 bits per heavy atom. The smallest absolute Gasteiger partial charge is 0.237 e. The average molecular weight is 278 g/mol. The summed E-state index contributed by atoms with van der Waals surface area (Å²) in [4.78, 5) is 11.9. The topological polar surface area (TPSA) is 64.3 Å². The van der Waals surface area contributed by atoms with Crippen molar-refractivity contribution in [1.82, 2.24) is 5.32 Å². The summed E-state index contributed by atoms with van der Waals surface area (Å²) in [7, 11) is 1.66. The SMILES string of the molecule is COc1cc(CCNC(=O)[C@@H](N)C(C)(C)C)ccc1C. The first-order valence-electron chi connectivity index (χ1n) is 6.92.